The van der Waals surface area contributed by atoms with Crippen LogP contribution in [0.3, 0.4) is 0 Å². The predicted molar refractivity (Wildman–Crippen MR) is 121 cm³/mol. The Morgan fingerprint density at radius 3 is 2.74 bits per heavy atom. The summed E-state index contributed by atoms with van der Waals surface area (Å²) in [5.41, 5.74) is 3.31. The molecule has 4 aromatic rings. The van der Waals surface area contributed by atoms with Gasteiger partial charge in [-0.15, -0.1) is 0 Å². The highest BCUT2D eigenvalue weighted by molar-refractivity contribution is 5.97. The minimum absolute atomic E-state index is 0.0449. The normalized spacial score (nSPS) is 12.3. The first-order valence-electron chi connectivity index (χ1n) is 10.1. The Balaban J connectivity index is 1.69. The zero-order valence-electron chi connectivity index (χ0n) is 17.7. The maximum atomic E-state index is 12.7. The van der Waals surface area contributed by atoms with E-state index < -0.39 is 6.10 Å². The van der Waals surface area contributed by atoms with Crippen molar-refractivity contribution in [3.05, 3.63) is 70.8 Å². The molecule has 0 radical (unpaired) electrons. The second kappa shape index (κ2) is 8.28. The minimum Gasteiger partial charge on any atom is -0.393 e. The van der Waals surface area contributed by atoms with Gasteiger partial charge in [0.2, 0.25) is 0 Å². The fraction of sp³-hybridized carbons (Fsp3) is 0.250. The second-order valence-electron chi connectivity index (χ2n) is 7.86. The average Bonchev–Trinajstić information content (AvgIpc) is 2.78. The van der Waals surface area contributed by atoms with Gasteiger partial charge in [-0.1, -0.05) is 6.07 Å². The van der Waals surface area contributed by atoms with Crippen LogP contribution in [-0.4, -0.2) is 50.1 Å². The third-order valence-electron chi connectivity index (χ3n) is 5.39. The van der Waals surface area contributed by atoms with Crippen molar-refractivity contribution in [2.75, 3.05) is 13.6 Å². The van der Waals surface area contributed by atoms with E-state index in [1.54, 1.807) is 67.1 Å². The van der Waals surface area contributed by atoms with E-state index in [4.69, 9.17) is 4.98 Å². The number of hydrogen-bond donors (Lipinski definition) is 1. The smallest absolute Gasteiger partial charge is 0.258 e. The zero-order chi connectivity index (χ0) is 22.1. The first-order chi connectivity index (χ1) is 14.8. The molecule has 1 N–H and O–H groups in total. The van der Waals surface area contributed by atoms with Crippen molar-refractivity contribution in [3.63, 3.8) is 0 Å². The molecule has 0 aliphatic rings. The molecule has 0 bridgehead atoms. The van der Waals surface area contributed by atoms with E-state index >= 15 is 0 Å². The SMILES string of the molecule is C[C@H](O)CCN(C)C(=O)c1ccc2ncc(-c3ccc4c(=O)n(C)ccc4c3)nc2c1. The van der Waals surface area contributed by atoms with Crippen LogP contribution in [-0.2, 0) is 7.05 Å². The number of aliphatic hydroxyl groups is 1. The molecule has 0 aliphatic heterocycles. The van der Waals surface area contributed by atoms with E-state index in [9.17, 15) is 14.7 Å². The highest BCUT2D eigenvalue weighted by Crippen LogP contribution is 2.23. The van der Waals surface area contributed by atoms with E-state index in [-0.39, 0.29) is 11.5 Å². The largest absolute Gasteiger partial charge is 0.393 e. The molecule has 2 heterocycles. The van der Waals surface area contributed by atoms with Crippen LogP contribution in [0.4, 0.5) is 0 Å². The lowest BCUT2D eigenvalue weighted by molar-refractivity contribution is 0.0769. The van der Waals surface area contributed by atoms with Gasteiger partial charge in [0.25, 0.3) is 11.5 Å². The molecule has 7 nitrogen and oxygen atoms in total. The Morgan fingerprint density at radius 2 is 1.97 bits per heavy atom. The van der Waals surface area contributed by atoms with E-state index in [1.165, 1.54) is 0 Å². The van der Waals surface area contributed by atoms with Gasteiger partial charge in [-0.2, -0.15) is 0 Å². The van der Waals surface area contributed by atoms with Gasteiger partial charge < -0.3 is 14.6 Å². The number of hydrogen-bond acceptors (Lipinski definition) is 5. The number of pyridine rings is 1. The Bertz CT molecular complexity index is 1340. The van der Waals surface area contributed by atoms with E-state index in [0.717, 1.165) is 10.9 Å². The number of aryl methyl sites for hydroxylation is 1. The van der Waals surface area contributed by atoms with Crippen LogP contribution in [0.1, 0.15) is 23.7 Å². The van der Waals surface area contributed by atoms with Crippen molar-refractivity contribution in [1.29, 1.82) is 0 Å². The number of rotatable bonds is 5. The lowest BCUT2D eigenvalue weighted by Gasteiger charge is -2.18. The molecule has 4 rings (SSSR count). The van der Waals surface area contributed by atoms with Crippen molar-refractivity contribution in [2.24, 2.45) is 7.05 Å². The van der Waals surface area contributed by atoms with Gasteiger partial charge in [0.05, 0.1) is 29.0 Å². The molecular formula is C24H24N4O3. The van der Waals surface area contributed by atoms with E-state index in [2.05, 4.69) is 4.98 Å². The summed E-state index contributed by atoms with van der Waals surface area (Å²) in [7, 11) is 3.45. The van der Waals surface area contributed by atoms with Crippen molar-refractivity contribution in [1.82, 2.24) is 19.4 Å². The standard InChI is InChI=1S/C24H24N4O3/c1-15(29)8-10-27(2)23(30)18-5-7-20-21(13-18)26-22(14-25-20)17-4-6-19-16(12-17)9-11-28(3)24(19)31/h4-7,9,11-15,29H,8,10H2,1-3H3/t15-/m0/s1. The molecule has 7 heteroatoms. The summed E-state index contributed by atoms with van der Waals surface area (Å²) in [5, 5.41) is 10.9. The first kappa shape index (κ1) is 20.7. The third kappa shape index (κ3) is 4.18. The lowest BCUT2D eigenvalue weighted by Crippen LogP contribution is -2.29. The summed E-state index contributed by atoms with van der Waals surface area (Å²) >= 11 is 0. The minimum atomic E-state index is -0.456. The second-order valence-corrected chi connectivity index (χ2v) is 7.86. The molecule has 0 saturated heterocycles. The summed E-state index contributed by atoms with van der Waals surface area (Å²) < 4.78 is 1.55. The van der Waals surface area contributed by atoms with Gasteiger partial charge in [0.1, 0.15) is 0 Å². The zero-order valence-corrected chi connectivity index (χ0v) is 17.7. The Morgan fingerprint density at radius 1 is 1.16 bits per heavy atom. The number of benzene rings is 2. The molecule has 31 heavy (non-hydrogen) atoms. The summed E-state index contributed by atoms with van der Waals surface area (Å²) in [4.78, 5) is 35.8. The van der Waals surface area contributed by atoms with Gasteiger partial charge in [-0.25, -0.2) is 4.98 Å². The van der Waals surface area contributed by atoms with Gasteiger partial charge in [-0.05, 0) is 55.1 Å². The molecule has 1 atom stereocenters. The van der Waals surface area contributed by atoms with E-state index in [0.29, 0.717) is 40.6 Å². The molecule has 2 aromatic heterocycles. The van der Waals surface area contributed by atoms with E-state index in [1.807, 2.05) is 18.2 Å². The molecule has 2 aromatic carbocycles. The summed E-state index contributed by atoms with van der Waals surface area (Å²) in [6.07, 6.45) is 3.50. The molecule has 0 aliphatic carbocycles. The van der Waals surface area contributed by atoms with Crippen LogP contribution in [0.2, 0.25) is 0 Å². The van der Waals surface area contributed by atoms with Crippen molar-refractivity contribution < 1.29 is 9.90 Å². The number of carbonyl (C=O) groups excluding carboxylic acids is 1. The fourth-order valence-corrected chi connectivity index (χ4v) is 3.49. The molecule has 0 fully saturated rings. The maximum absolute atomic E-state index is 12.7. The van der Waals surface area contributed by atoms with Gasteiger partial charge >= 0.3 is 0 Å². The van der Waals surface area contributed by atoms with Gasteiger partial charge in [0, 0.05) is 43.4 Å². The van der Waals surface area contributed by atoms with Crippen LogP contribution in [0.15, 0.2) is 59.7 Å². The molecule has 0 spiro atoms. The average molecular weight is 416 g/mol. The highest BCUT2D eigenvalue weighted by atomic mass is 16.3. The molecular weight excluding hydrogens is 392 g/mol. The number of aliphatic hydroxyl groups excluding tert-OH is 1. The topological polar surface area (TPSA) is 88.3 Å². The van der Waals surface area contributed by atoms with Crippen LogP contribution < -0.4 is 5.56 Å². The number of carbonyl (C=O) groups is 1. The molecule has 0 unspecified atom stereocenters. The Labute approximate surface area is 179 Å². The van der Waals surface area contributed by atoms with Crippen LogP contribution >= 0.6 is 0 Å². The lowest BCUT2D eigenvalue weighted by atomic mass is 10.1. The fourth-order valence-electron chi connectivity index (χ4n) is 3.49. The van der Waals surface area contributed by atoms with Crippen LogP contribution in [0.5, 0.6) is 0 Å². The van der Waals surface area contributed by atoms with Crippen molar-refractivity contribution in [3.8, 4) is 11.3 Å². The van der Waals surface area contributed by atoms with Crippen LogP contribution in [0.25, 0.3) is 33.1 Å². The molecule has 158 valence electrons. The summed E-state index contributed by atoms with van der Waals surface area (Å²) in [5.74, 6) is -0.128. The summed E-state index contributed by atoms with van der Waals surface area (Å²) in [6, 6.07) is 12.7. The monoisotopic (exact) mass is 416 g/mol. The maximum Gasteiger partial charge on any atom is 0.258 e. The number of aromatic nitrogens is 3. The predicted octanol–water partition coefficient (Wildman–Crippen LogP) is 2.99. The summed E-state index contributed by atoms with van der Waals surface area (Å²) in [6.45, 7) is 2.17. The molecule has 1 amide bonds. The van der Waals surface area contributed by atoms with Gasteiger partial charge in [-0.3, -0.25) is 14.6 Å². The van der Waals surface area contributed by atoms with Crippen LogP contribution in [0, 0.1) is 0 Å². The first-order valence-corrected chi connectivity index (χ1v) is 10.1. The number of amides is 1. The van der Waals surface area contributed by atoms with Crippen molar-refractivity contribution >= 4 is 27.7 Å². The van der Waals surface area contributed by atoms with Gasteiger partial charge in [0.15, 0.2) is 0 Å². The Kier molecular flexibility index (Phi) is 5.52. The number of fused-ring (bicyclic) bond motifs is 2. The third-order valence-corrected chi connectivity index (χ3v) is 5.39. The quantitative estimate of drug-likeness (QED) is 0.540. The number of nitrogens with zero attached hydrogens (tertiary/aromatic N) is 4. The van der Waals surface area contributed by atoms with Crippen molar-refractivity contribution in [2.45, 2.75) is 19.4 Å². The highest BCUT2D eigenvalue weighted by Gasteiger charge is 2.14. The Hall–Kier alpha value is -3.58. The molecule has 0 saturated carbocycles.